The van der Waals surface area contributed by atoms with E-state index >= 15 is 0 Å². The molecule has 164 valence electrons. The summed E-state index contributed by atoms with van der Waals surface area (Å²) in [4.78, 5) is 12.5. The van der Waals surface area contributed by atoms with Crippen molar-refractivity contribution in [3.05, 3.63) is 0 Å². The van der Waals surface area contributed by atoms with E-state index in [0.717, 1.165) is 64.9 Å². The number of hydrogen-bond donors (Lipinski definition) is 1. The molecule has 28 heavy (non-hydrogen) atoms. The summed E-state index contributed by atoms with van der Waals surface area (Å²) in [6, 6.07) is 0.512. The molecule has 0 spiro atoms. The highest BCUT2D eigenvalue weighted by Gasteiger charge is 2.27. The van der Waals surface area contributed by atoms with Crippen molar-refractivity contribution >= 4 is 5.96 Å². The minimum absolute atomic E-state index is 0.512. The molecule has 0 radical (unpaired) electrons. The van der Waals surface area contributed by atoms with Crippen LogP contribution in [0.3, 0.4) is 0 Å². The molecule has 0 aromatic rings. The maximum absolute atomic E-state index is 5.74. The van der Waals surface area contributed by atoms with Crippen LogP contribution in [0.15, 0.2) is 4.99 Å². The molecule has 2 atom stereocenters. The Morgan fingerprint density at radius 1 is 1.14 bits per heavy atom. The number of likely N-dealkylation sites (tertiary alicyclic amines) is 1. The Balaban J connectivity index is 1.89. The van der Waals surface area contributed by atoms with Gasteiger partial charge in [-0.05, 0) is 26.3 Å². The fraction of sp³-hybridized carbons (Fsp3) is 0.952. The lowest BCUT2D eigenvalue weighted by Gasteiger charge is -2.39. The van der Waals surface area contributed by atoms with Gasteiger partial charge in [-0.1, -0.05) is 13.8 Å². The van der Waals surface area contributed by atoms with E-state index in [1.807, 2.05) is 0 Å². The lowest BCUT2D eigenvalue weighted by atomic mass is 10.0. The number of aliphatic imine (C=N–C) groups is 1. The van der Waals surface area contributed by atoms with Crippen molar-refractivity contribution < 1.29 is 9.47 Å². The Bertz CT molecular complexity index is 452. The summed E-state index contributed by atoms with van der Waals surface area (Å²) < 4.78 is 10.8. The van der Waals surface area contributed by atoms with Crippen molar-refractivity contribution in [1.82, 2.24) is 20.0 Å². The fourth-order valence-electron chi connectivity index (χ4n) is 4.06. The van der Waals surface area contributed by atoms with E-state index < -0.39 is 0 Å². The van der Waals surface area contributed by atoms with Gasteiger partial charge in [-0.2, -0.15) is 0 Å². The number of ether oxygens (including phenoxy) is 2. The van der Waals surface area contributed by atoms with Gasteiger partial charge in [-0.3, -0.25) is 9.89 Å². The van der Waals surface area contributed by atoms with E-state index in [2.05, 4.69) is 47.8 Å². The molecule has 7 heteroatoms. The van der Waals surface area contributed by atoms with Crippen molar-refractivity contribution in [2.24, 2.45) is 16.8 Å². The first-order valence-electron chi connectivity index (χ1n) is 11.1. The molecule has 2 rings (SSSR count). The molecule has 0 aromatic carbocycles. The first kappa shape index (κ1) is 23.4. The molecular formula is C21H43N5O2. The van der Waals surface area contributed by atoms with Crippen molar-refractivity contribution in [3.63, 3.8) is 0 Å². The molecule has 0 bridgehead atoms. The number of guanidine groups is 1. The third-order valence-corrected chi connectivity index (χ3v) is 5.91. The number of nitrogens with zero attached hydrogens (tertiary/aromatic N) is 4. The van der Waals surface area contributed by atoms with Gasteiger partial charge in [0.05, 0.1) is 26.4 Å². The SMILES string of the molecule is CCNC(=NCC(C(C)C)N1CCN(C)CC1)N1CCC(COCCOC)C1. The summed E-state index contributed by atoms with van der Waals surface area (Å²) in [6.45, 7) is 17.5. The van der Waals surface area contributed by atoms with Crippen LogP contribution in [0.25, 0.3) is 0 Å². The Morgan fingerprint density at radius 2 is 1.89 bits per heavy atom. The largest absolute Gasteiger partial charge is 0.382 e. The smallest absolute Gasteiger partial charge is 0.193 e. The summed E-state index contributed by atoms with van der Waals surface area (Å²) in [7, 11) is 3.93. The van der Waals surface area contributed by atoms with Crippen molar-refractivity contribution in [1.29, 1.82) is 0 Å². The molecule has 0 saturated carbocycles. The molecule has 2 heterocycles. The second-order valence-electron chi connectivity index (χ2n) is 8.51. The highest BCUT2D eigenvalue weighted by molar-refractivity contribution is 5.80. The summed E-state index contributed by atoms with van der Waals surface area (Å²) in [5.74, 6) is 2.26. The average molecular weight is 398 g/mol. The monoisotopic (exact) mass is 397 g/mol. The molecule has 2 saturated heterocycles. The van der Waals surface area contributed by atoms with E-state index in [1.165, 1.54) is 6.42 Å². The maximum atomic E-state index is 5.74. The average Bonchev–Trinajstić information content (AvgIpc) is 3.14. The minimum atomic E-state index is 0.512. The topological polar surface area (TPSA) is 52.6 Å². The zero-order valence-corrected chi connectivity index (χ0v) is 18.8. The van der Waals surface area contributed by atoms with Crippen LogP contribution in [0.1, 0.15) is 27.2 Å². The van der Waals surface area contributed by atoms with E-state index in [4.69, 9.17) is 14.5 Å². The second-order valence-corrected chi connectivity index (χ2v) is 8.51. The molecule has 2 fully saturated rings. The fourth-order valence-corrected chi connectivity index (χ4v) is 4.06. The number of methoxy groups -OCH3 is 1. The van der Waals surface area contributed by atoms with Gasteiger partial charge in [0.2, 0.25) is 0 Å². The number of rotatable bonds is 10. The zero-order valence-electron chi connectivity index (χ0n) is 18.8. The normalized spacial score (nSPS) is 23.6. The van der Waals surface area contributed by atoms with Crippen molar-refractivity contribution in [3.8, 4) is 0 Å². The van der Waals surface area contributed by atoms with Gasteiger partial charge in [0.1, 0.15) is 0 Å². The molecule has 7 nitrogen and oxygen atoms in total. The van der Waals surface area contributed by atoms with Crippen LogP contribution >= 0.6 is 0 Å². The van der Waals surface area contributed by atoms with E-state index in [0.29, 0.717) is 31.1 Å². The van der Waals surface area contributed by atoms with Gasteiger partial charge in [0.25, 0.3) is 0 Å². The predicted octanol–water partition coefficient (Wildman–Crippen LogP) is 1.21. The standard InChI is InChI=1S/C21H43N5O2/c1-6-22-21(26-8-7-19(16-26)17-28-14-13-27-5)23-15-20(18(2)3)25-11-9-24(4)10-12-25/h18-20H,6-17H2,1-5H3,(H,22,23). The van der Waals surface area contributed by atoms with Gasteiger partial charge in [0.15, 0.2) is 5.96 Å². The van der Waals surface area contributed by atoms with Gasteiger partial charge < -0.3 is 24.6 Å². The Labute approximate surface area is 172 Å². The first-order valence-corrected chi connectivity index (χ1v) is 11.1. The van der Waals surface area contributed by atoms with Crippen LogP contribution in [-0.4, -0.2) is 113 Å². The minimum Gasteiger partial charge on any atom is -0.382 e. The van der Waals surface area contributed by atoms with Gasteiger partial charge in [-0.25, -0.2) is 0 Å². The summed E-state index contributed by atoms with van der Waals surface area (Å²) in [5, 5.41) is 3.51. The maximum Gasteiger partial charge on any atom is 0.193 e. The lowest BCUT2D eigenvalue weighted by molar-refractivity contribution is 0.0536. The molecule has 1 N–H and O–H groups in total. The van der Waals surface area contributed by atoms with Crippen LogP contribution in [0.4, 0.5) is 0 Å². The van der Waals surface area contributed by atoms with Crippen molar-refractivity contribution in [2.75, 3.05) is 86.3 Å². The van der Waals surface area contributed by atoms with Gasteiger partial charge in [-0.15, -0.1) is 0 Å². The van der Waals surface area contributed by atoms with E-state index in [-0.39, 0.29) is 0 Å². The molecule has 2 unspecified atom stereocenters. The van der Waals surface area contributed by atoms with Crippen LogP contribution in [0.2, 0.25) is 0 Å². The van der Waals surface area contributed by atoms with Crippen LogP contribution in [0.5, 0.6) is 0 Å². The van der Waals surface area contributed by atoms with Crippen LogP contribution < -0.4 is 5.32 Å². The summed E-state index contributed by atoms with van der Waals surface area (Å²) in [5.41, 5.74) is 0. The number of nitrogens with one attached hydrogen (secondary N) is 1. The summed E-state index contributed by atoms with van der Waals surface area (Å²) >= 11 is 0. The van der Waals surface area contributed by atoms with E-state index in [9.17, 15) is 0 Å². The van der Waals surface area contributed by atoms with Gasteiger partial charge in [0, 0.05) is 64.9 Å². The Kier molecular flexibility index (Phi) is 10.5. The molecule has 2 aliphatic rings. The predicted molar refractivity (Wildman–Crippen MR) is 116 cm³/mol. The summed E-state index contributed by atoms with van der Waals surface area (Å²) in [6.07, 6.45) is 1.17. The Hall–Kier alpha value is -0.890. The molecule has 0 amide bonds. The molecular weight excluding hydrogens is 354 g/mol. The lowest BCUT2D eigenvalue weighted by Crippen LogP contribution is -2.52. The number of likely N-dealkylation sites (N-methyl/N-ethyl adjacent to an activating group) is 1. The first-order chi connectivity index (χ1) is 13.5. The third-order valence-electron chi connectivity index (χ3n) is 5.91. The van der Waals surface area contributed by atoms with Crippen LogP contribution in [0, 0.1) is 11.8 Å². The third kappa shape index (κ3) is 7.50. The van der Waals surface area contributed by atoms with Crippen LogP contribution in [-0.2, 0) is 9.47 Å². The molecule has 0 aliphatic carbocycles. The molecule has 0 aromatic heterocycles. The second kappa shape index (κ2) is 12.6. The highest BCUT2D eigenvalue weighted by Crippen LogP contribution is 2.18. The number of piperazine rings is 1. The number of hydrogen-bond acceptors (Lipinski definition) is 5. The quantitative estimate of drug-likeness (QED) is 0.340. The van der Waals surface area contributed by atoms with Crippen molar-refractivity contribution in [2.45, 2.75) is 33.2 Å². The molecule has 2 aliphatic heterocycles. The van der Waals surface area contributed by atoms with Gasteiger partial charge >= 0.3 is 0 Å². The van der Waals surface area contributed by atoms with E-state index in [1.54, 1.807) is 7.11 Å². The zero-order chi connectivity index (χ0) is 20.4. The Morgan fingerprint density at radius 3 is 2.54 bits per heavy atom. The highest BCUT2D eigenvalue weighted by atomic mass is 16.5.